The maximum absolute atomic E-state index is 13.1. The van der Waals surface area contributed by atoms with E-state index in [1.165, 1.54) is 13.2 Å². The zero-order valence-electron chi connectivity index (χ0n) is 9.21. The van der Waals surface area contributed by atoms with Gasteiger partial charge in [-0.05, 0) is 29.8 Å². The van der Waals surface area contributed by atoms with Crippen LogP contribution in [0.3, 0.4) is 0 Å². The van der Waals surface area contributed by atoms with Gasteiger partial charge < -0.3 is 10.5 Å². The Kier molecular flexibility index (Phi) is 2.95. The Balaban J connectivity index is 2.55. The highest BCUT2D eigenvalue weighted by Gasteiger charge is 2.09. The lowest BCUT2D eigenvalue weighted by Gasteiger charge is -2.09. The van der Waals surface area contributed by atoms with E-state index >= 15 is 0 Å². The topological polar surface area (TPSA) is 35.2 Å². The number of nitrogens with two attached hydrogens (primary N) is 1. The van der Waals surface area contributed by atoms with Crippen molar-refractivity contribution >= 4 is 5.69 Å². The number of anilines is 1. The molecule has 0 amide bonds. The van der Waals surface area contributed by atoms with Gasteiger partial charge in [0.15, 0.2) is 11.6 Å². The molecule has 2 nitrogen and oxygen atoms in total. The van der Waals surface area contributed by atoms with E-state index in [9.17, 15) is 8.78 Å². The molecule has 0 spiro atoms. The fourth-order valence-corrected chi connectivity index (χ4v) is 1.61. The van der Waals surface area contributed by atoms with Crippen LogP contribution in [0.25, 0.3) is 11.1 Å². The van der Waals surface area contributed by atoms with Gasteiger partial charge in [0.1, 0.15) is 5.75 Å². The van der Waals surface area contributed by atoms with E-state index in [0.29, 0.717) is 22.6 Å². The van der Waals surface area contributed by atoms with Crippen LogP contribution in [-0.4, -0.2) is 7.11 Å². The van der Waals surface area contributed by atoms with Crippen molar-refractivity contribution in [1.29, 1.82) is 0 Å². The lowest BCUT2D eigenvalue weighted by atomic mass is 10.0. The van der Waals surface area contributed by atoms with Crippen molar-refractivity contribution in [3.05, 3.63) is 48.0 Å². The molecule has 0 aliphatic rings. The van der Waals surface area contributed by atoms with Crippen molar-refractivity contribution in [1.82, 2.24) is 0 Å². The third-order valence-corrected chi connectivity index (χ3v) is 2.46. The normalized spacial score (nSPS) is 10.3. The molecule has 0 aliphatic carbocycles. The van der Waals surface area contributed by atoms with Gasteiger partial charge in [0.2, 0.25) is 0 Å². The average molecular weight is 235 g/mol. The standard InChI is InChI=1S/C13H11F2NO/c1-17-13-7-9(16)3-4-10(13)8-2-5-11(14)12(15)6-8/h2-7H,16H2,1H3. The van der Waals surface area contributed by atoms with Gasteiger partial charge in [0, 0.05) is 17.3 Å². The van der Waals surface area contributed by atoms with Crippen LogP contribution in [0.4, 0.5) is 14.5 Å². The summed E-state index contributed by atoms with van der Waals surface area (Å²) in [5.41, 5.74) is 7.38. The van der Waals surface area contributed by atoms with Gasteiger partial charge in [0.25, 0.3) is 0 Å². The van der Waals surface area contributed by atoms with Crippen molar-refractivity contribution in [2.45, 2.75) is 0 Å². The van der Waals surface area contributed by atoms with Gasteiger partial charge in [-0.1, -0.05) is 6.07 Å². The summed E-state index contributed by atoms with van der Waals surface area (Å²) in [6.07, 6.45) is 0. The molecule has 0 atom stereocenters. The fourth-order valence-electron chi connectivity index (χ4n) is 1.61. The van der Waals surface area contributed by atoms with Gasteiger partial charge in [-0.25, -0.2) is 8.78 Å². The number of benzene rings is 2. The zero-order chi connectivity index (χ0) is 12.4. The van der Waals surface area contributed by atoms with Crippen LogP contribution in [-0.2, 0) is 0 Å². The summed E-state index contributed by atoms with van der Waals surface area (Å²) in [5, 5.41) is 0. The van der Waals surface area contributed by atoms with E-state index in [-0.39, 0.29) is 0 Å². The highest BCUT2D eigenvalue weighted by molar-refractivity contribution is 5.73. The Morgan fingerprint density at radius 3 is 2.41 bits per heavy atom. The van der Waals surface area contributed by atoms with E-state index in [2.05, 4.69) is 0 Å². The molecule has 17 heavy (non-hydrogen) atoms. The first-order valence-electron chi connectivity index (χ1n) is 5.01. The number of hydrogen-bond donors (Lipinski definition) is 1. The van der Waals surface area contributed by atoms with Gasteiger partial charge in [0.05, 0.1) is 7.11 Å². The molecular weight excluding hydrogens is 224 g/mol. The van der Waals surface area contributed by atoms with Crippen LogP contribution in [0.1, 0.15) is 0 Å². The molecule has 4 heteroatoms. The number of ether oxygens (including phenoxy) is 1. The highest BCUT2D eigenvalue weighted by atomic mass is 19.2. The Labute approximate surface area is 97.6 Å². The predicted octanol–water partition coefficient (Wildman–Crippen LogP) is 3.22. The highest BCUT2D eigenvalue weighted by Crippen LogP contribution is 2.32. The monoisotopic (exact) mass is 235 g/mol. The summed E-state index contributed by atoms with van der Waals surface area (Å²) < 4.78 is 31.1. The lowest BCUT2D eigenvalue weighted by molar-refractivity contribution is 0.416. The molecule has 0 saturated heterocycles. The van der Waals surface area contributed by atoms with Crippen LogP contribution in [0.15, 0.2) is 36.4 Å². The summed E-state index contributed by atoms with van der Waals surface area (Å²) >= 11 is 0. The molecule has 0 aliphatic heterocycles. The molecule has 2 aromatic carbocycles. The fraction of sp³-hybridized carbons (Fsp3) is 0.0769. The molecule has 0 bridgehead atoms. The van der Waals surface area contributed by atoms with Crippen LogP contribution in [0.5, 0.6) is 5.75 Å². The van der Waals surface area contributed by atoms with Gasteiger partial charge >= 0.3 is 0 Å². The Morgan fingerprint density at radius 1 is 1.00 bits per heavy atom. The molecule has 0 saturated carbocycles. The summed E-state index contributed by atoms with van der Waals surface area (Å²) in [5.74, 6) is -1.24. The zero-order valence-corrected chi connectivity index (χ0v) is 9.21. The molecule has 0 aromatic heterocycles. The average Bonchev–Trinajstić information content (AvgIpc) is 2.32. The number of halogens is 2. The molecule has 2 N–H and O–H groups in total. The second kappa shape index (κ2) is 4.41. The van der Waals surface area contributed by atoms with E-state index in [1.54, 1.807) is 18.2 Å². The quantitative estimate of drug-likeness (QED) is 0.811. The maximum Gasteiger partial charge on any atom is 0.159 e. The summed E-state index contributed by atoms with van der Waals surface area (Å²) in [4.78, 5) is 0. The van der Waals surface area contributed by atoms with Crippen molar-refractivity contribution in [2.24, 2.45) is 0 Å². The SMILES string of the molecule is COc1cc(N)ccc1-c1ccc(F)c(F)c1. The minimum Gasteiger partial charge on any atom is -0.496 e. The first-order valence-corrected chi connectivity index (χ1v) is 5.01. The van der Waals surface area contributed by atoms with E-state index in [4.69, 9.17) is 10.5 Å². The number of hydrogen-bond acceptors (Lipinski definition) is 2. The third-order valence-electron chi connectivity index (χ3n) is 2.46. The van der Waals surface area contributed by atoms with Gasteiger partial charge in [-0.3, -0.25) is 0 Å². The van der Waals surface area contributed by atoms with Crippen molar-refractivity contribution in [3.8, 4) is 16.9 Å². The molecular formula is C13H11F2NO. The second-order valence-electron chi connectivity index (χ2n) is 3.59. The molecule has 0 fully saturated rings. The Morgan fingerprint density at radius 2 is 1.76 bits per heavy atom. The molecule has 2 rings (SSSR count). The molecule has 2 aromatic rings. The minimum atomic E-state index is -0.888. The Bertz CT molecular complexity index is 555. The minimum absolute atomic E-state index is 0.524. The summed E-state index contributed by atoms with van der Waals surface area (Å²) in [7, 11) is 1.50. The van der Waals surface area contributed by atoms with E-state index in [0.717, 1.165) is 12.1 Å². The van der Waals surface area contributed by atoms with Crippen molar-refractivity contribution in [2.75, 3.05) is 12.8 Å². The van der Waals surface area contributed by atoms with E-state index < -0.39 is 11.6 Å². The number of rotatable bonds is 2. The Hall–Kier alpha value is -2.10. The third kappa shape index (κ3) is 2.20. The first kappa shape index (κ1) is 11.4. The molecule has 0 radical (unpaired) electrons. The van der Waals surface area contributed by atoms with Gasteiger partial charge in [-0.2, -0.15) is 0 Å². The summed E-state index contributed by atoms with van der Waals surface area (Å²) in [6, 6.07) is 8.73. The van der Waals surface area contributed by atoms with Crippen molar-refractivity contribution < 1.29 is 13.5 Å². The van der Waals surface area contributed by atoms with Crippen molar-refractivity contribution in [3.63, 3.8) is 0 Å². The predicted molar refractivity (Wildman–Crippen MR) is 62.8 cm³/mol. The first-order chi connectivity index (χ1) is 8.11. The van der Waals surface area contributed by atoms with Crippen LogP contribution in [0.2, 0.25) is 0 Å². The van der Waals surface area contributed by atoms with Gasteiger partial charge in [-0.15, -0.1) is 0 Å². The smallest absolute Gasteiger partial charge is 0.159 e. The second-order valence-corrected chi connectivity index (χ2v) is 3.59. The van der Waals surface area contributed by atoms with Crippen LogP contribution < -0.4 is 10.5 Å². The van der Waals surface area contributed by atoms with Crippen LogP contribution in [0, 0.1) is 11.6 Å². The number of nitrogen functional groups attached to an aromatic ring is 1. The summed E-state index contributed by atoms with van der Waals surface area (Å²) in [6.45, 7) is 0. The van der Waals surface area contributed by atoms with Crippen LogP contribution >= 0.6 is 0 Å². The molecule has 88 valence electrons. The lowest BCUT2D eigenvalue weighted by Crippen LogP contribution is -1.92. The van der Waals surface area contributed by atoms with E-state index in [1.807, 2.05) is 0 Å². The molecule has 0 heterocycles. The maximum atomic E-state index is 13.1. The largest absolute Gasteiger partial charge is 0.496 e. The molecule has 0 unspecified atom stereocenters. The number of methoxy groups -OCH3 is 1.